The van der Waals surface area contributed by atoms with Gasteiger partial charge in [0, 0.05) is 5.41 Å². The summed E-state index contributed by atoms with van der Waals surface area (Å²) in [4.78, 5) is 70.7. The van der Waals surface area contributed by atoms with Crippen molar-refractivity contribution in [2.24, 2.45) is 5.41 Å². The fourth-order valence-corrected chi connectivity index (χ4v) is 3.48. The van der Waals surface area contributed by atoms with Gasteiger partial charge in [0.25, 0.3) is 0 Å². The SMILES string of the molecule is CC(C)(C)C(=O)Cl.CC(C)(C)OC(=O)N1[C@H](C(=O)O)COC1(C)C.COC(=O)N1[C@H](C(=O)OC(=O)OC(C)(C)C)COC1(C)C. The smallest absolute Gasteiger partial charge is 0.480 e. The van der Waals surface area contributed by atoms with E-state index in [2.05, 4.69) is 9.47 Å². The first-order valence-electron chi connectivity index (χ1n) is 14.0. The average Bonchev–Trinajstić information content (AvgIpc) is 3.31. The van der Waals surface area contributed by atoms with Gasteiger partial charge in [-0.15, -0.1) is 0 Å². The zero-order chi connectivity index (χ0) is 35.9. The maximum absolute atomic E-state index is 12.0. The first-order chi connectivity index (χ1) is 20.0. The summed E-state index contributed by atoms with van der Waals surface area (Å²) in [7, 11) is 1.19. The molecule has 0 aromatic heterocycles. The third-order valence-corrected chi connectivity index (χ3v) is 6.22. The highest BCUT2D eigenvalue weighted by Crippen LogP contribution is 2.30. The number of esters is 1. The molecule has 15 nitrogen and oxygen atoms in total. The fraction of sp³-hybridized carbons (Fsp3) is 0.793. The molecule has 0 aliphatic carbocycles. The van der Waals surface area contributed by atoms with E-state index in [0.717, 1.165) is 9.80 Å². The standard InChI is InChI=1S/C13H21NO7.C11H19NO5.C5H9ClO/c1-12(2,3)21-11(17)20-9(15)8-7-19-13(4,5)14(8)10(16)18-6;1-10(2,3)17-9(15)12-7(8(13)14)6-16-11(12,4)5;1-5(2,3)4(6)7/h8H,7H2,1-6H3;7H,6H2,1-5H3,(H,13,14);1-3H3/t8-;7-;/m00./s1. The van der Waals surface area contributed by atoms with E-state index in [1.807, 2.05) is 0 Å². The number of carboxylic acid groups (broad SMARTS) is 1. The summed E-state index contributed by atoms with van der Waals surface area (Å²) in [6.45, 7) is 21.8. The van der Waals surface area contributed by atoms with Crippen molar-refractivity contribution in [3.63, 3.8) is 0 Å². The Labute approximate surface area is 269 Å². The highest BCUT2D eigenvalue weighted by atomic mass is 35.5. The predicted octanol–water partition coefficient (Wildman–Crippen LogP) is 4.91. The van der Waals surface area contributed by atoms with E-state index in [9.17, 15) is 28.8 Å². The topological polar surface area (TPSA) is 185 Å². The largest absolute Gasteiger partial charge is 0.516 e. The molecule has 0 aromatic rings. The number of hydrogen-bond donors (Lipinski definition) is 1. The number of amides is 2. The molecule has 0 bridgehead atoms. The Bertz CT molecular complexity index is 1100. The minimum absolute atomic E-state index is 0.0262. The maximum atomic E-state index is 12.0. The Morgan fingerprint density at radius 1 is 0.733 bits per heavy atom. The molecule has 0 spiro atoms. The van der Waals surface area contributed by atoms with Gasteiger partial charge in [-0.2, -0.15) is 0 Å². The molecule has 2 rings (SSSR count). The number of nitrogens with zero attached hydrogens (tertiary/aromatic N) is 2. The van der Waals surface area contributed by atoms with Crippen LogP contribution < -0.4 is 0 Å². The van der Waals surface area contributed by atoms with Crippen LogP contribution in [0.4, 0.5) is 14.4 Å². The number of rotatable bonds is 2. The highest BCUT2D eigenvalue weighted by Gasteiger charge is 2.50. The number of methoxy groups -OCH3 is 1. The third kappa shape index (κ3) is 13.8. The minimum Gasteiger partial charge on any atom is -0.480 e. The molecule has 0 saturated carbocycles. The fourth-order valence-electron chi connectivity index (χ4n) is 3.48. The minimum atomic E-state index is -1.12. The number of hydrogen-bond acceptors (Lipinski definition) is 12. The van der Waals surface area contributed by atoms with E-state index < -0.39 is 65.0 Å². The van der Waals surface area contributed by atoms with Gasteiger partial charge in [0.15, 0.2) is 12.1 Å². The molecule has 2 atom stereocenters. The highest BCUT2D eigenvalue weighted by molar-refractivity contribution is 6.64. The van der Waals surface area contributed by atoms with Gasteiger partial charge in [0.05, 0.1) is 20.3 Å². The van der Waals surface area contributed by atoms with Gasteiger partial charge in [-0.1, -0.05) is 20.8 Å². The van der Waals surface area contributed by atoms with Crippen LogP contribution in [0.2, 0.25) is 0 Å². The van der Waals surface area contributed by atoms with Crippen LogP contribution in [0.15, 0.2) is 0 Å². The molecular weight excluding hydrogens is 620 g/mol. The van der Waals surface area contributed by atoms with Crippen molar-refractivity contribution < 1.29 is 62.3 Å². The van der Waals surface area contributed by atoms with E-state index >= 15 is 0 Å². The van der Waals surface area contributed by atoms with Gasteiger partial charge in [0.1, 0.15) is 22.7 Å². The number of carbonyl (C=O) groups excluding carboxylic acids is 5. The molecule has 45 heavy (non-hydrogen) atoms. The number of aliphatic carboxylic acids is 1. The Morgan fingerprint density at radius 2 is 1.11 bits per heavy atom. The van der Waals surface area contributed by atoms with E-state index in [4.69, 9.17) is 35.7 Å². The average molecular weight is 669 g/mol. The van der Waals surface area contributed by atoms with Gasteiger partial charge in [-0.05, 0) is 80.8 Å². The Hall–Kier alpha value is -3.17. The molecule has 0 radical (unpaired) electrons. The molecule has 1 N–H and O–H groups in total. The van der Waals surface area contributed by atoms with Crippen LogP contribution in [0.25, 0.3) is 0 Å². The van der Waals surface area contributed by atoms with Gasteiger partial charge < -0.3 is 33.5 Å². The molecule has 0 aromatic carbocycles. The van der Waals surface area contributed by atoms with Crippen LogP contribution in [0.5, 0.6) is 0 Å². The monoisotopic (exact) mass is 668 g/mol. The lowest BCUT2D eigenvalue weighted by Crippen LogP contribution is -2.52. The summed E-state index contributed by atoms with van der Waals surface area (Å²) in [5.74, 6) is -2.03. The molecular formula is C29H49ClN2O13. The molecule has 2 saturated heterocycles. The van der Waals surface area contributed by atoms with Crippen LogP contribution in [0, 0.1) is 5.41 Å². The lowest BCUT2D eigenvalue weighted by molar-refractivity contribution is -0.147. The molecule has 2 amide bonds. The second-order valence-electron chi connectivity index (χ2n) is 14.0. The van der Waals surface area contributed by atoms with Crippen LogP contribution in [0.3, 0.4) is 0 Å². The van der Waals surface area contributed by atoms with E-state index in [1.165, 1.54) is 7.11 Å². The lowest BCUT2D eigenvalue weighted by Gasteiger charge is -2.33. The van der Waals surface area contributed by atoms with Crippen LogP contribution in [0.1, 0.15) is 90.0 Å². The van der Waals surface area contributed by atoms with Crippen molar-refractivity contribution in [1.82, 2.24) is 9.80 Å². The number of carbonyl (C=O) groups is 6. The Balaban J connectivity index is 0.000000722. The summed E-state index contributed by atoms with van der Waals surface area (Å²) in [6, 6.07) is -2.07. The van der Waals surface area contributed by atoms with Crippen molar-refractivity contribution >= 4 is 47.1 Å². The summed E-state index contributed by atoms with van der Waals surface area (Å²) in [6.07, 6.45) is -2.54. The van der Waals surface area contributed by atoms with E-state index in [0.29, 0.717) is 0 Å². The molecule has 0 unspecified atom stereocenters. The number of ether oxygens (including phenoxy) is 6. The predicted molar refractivity (Wildman–Crippen MR) is 160 cm³/mol. The number of carboxylic acids is 1. The van der Waals surface area contributed by atoms with Crippen LogP contribution in [-0.2, 0) is 42.8 Å². The quantitative estimate of drug-likeness (QED) is 0.181. The van der Waals surface area contributed by atoms with Crippen LogP contribution >= 0.6 is 11.6 Å². The van der Waals surface area contributed by atoms with E-state index in [1.54, 1.807) is 90.0 Å². The molecule has 16 heteroatoms. The van der Waals surface area contributed by atoms with Crippen LogP contribution in [-0.4, -0.2) is 105 Å². The van der Waals surface area contributed by atoms with Gasteiger partial charge in [0.2, 0.25) is 5.24 Å². The Kier molecular flexibility index (Phi) is 14.3. The number of halogens is 1. The molecule has 2 aliphatic rings. The van der Waals surface area contributed by atoms with Crippen molar-refractivity contribution in [2.75, 3.05) is 20.3 Å². The molecule has 2 aliphatic heterocycles. The second kappa shape index (κ2) is 15.4. The van der Waals surface area contributed by atoms with Crippen molar-refractivity contribution in [3.8, 4) is 0 Å². The van der Waals surface area contributed by atoms with Gasteiger partial charge >= 0.3 is 30.3 Å². The van der Waals surface area contributed by atoms with E-state index in [-0.39, 0.29) is 23.9 Å². The van der Waals surface area contributed by atoms with Crippen molar-refractivity contribution in [3.05, 3.63) is 0 Å². The van der Waals surface area contributed by atoms with Crippen molar-refractivity contribution in [1.29, 1.82) is 0 Å². The molecule has 2 heterocycles. The second-order valence-corrected chi connectivity index (χ2v) is 14.3. The first-order valence-corrected chi connectivity index (χ1v) is 14.4. The third-order valence-electron chi connectivity index (χ3n) is 5.65. The normalized spacial score (nSPS) is 20.4. The summed E-state index contributed by atoms with van der Waals surface area (Å²) < 4.78 is 30.0. The summed E-state index contributed by atoms with van der Waals surface area (Å²) >= 11 is 5.11. The first kappa shape index (κ1) is 41.8. The lowest BCUT2D eigenvalue weighted by atomic mass is 10.00. The molecule has 260 valence electrons. The summed E-state index contributed by atoms with van der Waals surface area (Å²) in [5, 5.41) is 8.75. The maximum Gasteiger partial charge on any atom is 0.516 e. The Morgan fingerprint density at radius 3 is 1.44 bits per heavy atom. The zero-order valence-corrected chi connectivity index (χ0v) is 29.4. The van der Waals surface area contributed by atoms with Gasteiger partial charge in [-0.3, -0.25) is 14.6 Å². The molecule has 2 fully saturated rings. The zero-order valence-electron chi connectivity index (χ0n) is 28.7. The van der Waals surface area contributed by atoms with Crippen molar-refractivity contribution in [2.45, 2.75) is 125 Å². The summed E-state index contributed by atoms with van der Waals surface area (Å²) in [5.41, 5.74) is -3.83. The van der Waals surface area contributed by atoms with Gasteiger partial charge in [-0.25, -0.2) is 24.0 Å².